The Morgan fingerprint density at radius 2 is 2.00 bits per heavy atom. The predicted octanol–water partition coefficient (Wildman–Crippen LogP) is 0.916. The summed E-state index contributed by atoms with van der Waals surface area (Å²) in [6, 6.07) is 10.5. The maximum absolute atomic E-state index is 12.8. The summed E-state index contributed by atoms with van der Waals surface area (Å²) in [7, 11) is 0. The van der Waals surface area contributed by atoms with Crippen LogP contribution in [0.2, 0.25) is 0 Å². The van der Waals surface area contributed by atoms with Crippen LogP contribution in [-0.2, 0) is 11.3 Å². The van der Waals surface area contributed by atoms with E-state index in [-0.39, 0.29) is 18.4 Å². The molecule has 1 aliphatic heterocycles. The molecule has 2 amide bonds. The molecule has 25 heavy (non-hydrogen) atoms. The van der Waals surface area contributed by atoms with Crippen molar-refractivity contribution in [2.24, 2.45) is 0 Å². The van der Waals surface area contributed by atoms with Gasteiger partial charge in [0.1, 0.15) is 11.9 Å². The van der Waals surface area contributed by atoms with Crippen LogP contribution in [0.1, 0.15) is 23.1 Å². The van der Waals surface area contributed by atoms with Crippen LogP contribution in [0.15, 0.2) is 41.2 Å². The van der Waals surface area contributed by atoms with E-state index < -0.39 is 11.7 Å². The number of hydrogen-bond acceptors (Lipinski definition) is 4. The lowest BCUT2D eigenvalue weighted by Crippen LogP contribution is -2.46. The molecule has 2 heterocycles. The molecule has 8 nitrogen and oxygen atoms in total. The molecule has 2 aromatic carbocycles. The summed E-state index contributed by atoms with van der Waals surface area (Å²) in [6.45, 7) is 1.74. The number of anilines is 1. The summed E-state index contributed by atoms with van der Waals surface area (Å²) in [5, 5.41) is 10.5. The van der Waals surface area contributed by atoms with Crippen LogP contribution in [0, 0.1) is 0 Å². The van der Waals surface area contributed by atoms with Gasteiger partial charge in [0.05, 0.1) is 12.2 Å². The number of carbonyl (C=O) groups excluding carboxylic acids is 2. The van der Waals surface area contributed by atoms with Gasteiger partial charge in [0, 0.05) is 10.9 Å². The van der Waals surface area contributed by atoms with E-state index >= 15 is 0 Å². The Balaban J connectivity index is 1.59. The second-order valence-corrected chi connectivity index (χ2v) is 5.87. The molecule has 1 unspecified atom stereocenters. The average molecular weight is 337 g/mol. The van der Waals surface area contributed by atoms with Crippen molar-refractivity contribution >= 4 is 28.3 Å². The van der Waals surface area contributed by atoms with Crippen LogP contribution in [0.25, 0.3) is 10.8 Å². The van der Waals surface area contributed by atoms with Crippen molar-refractivity contribution in [2.45, 2.75) is 19.5 Å². The van der Waals surface area contributed by atoms with Crippen LogP contribution >= 0.6 is 0 Å². The number of benzene rings is 2. The quantitative estimate of drug-likeness (QED) is 0.657. The maximum atomic E-state index is 12.8. The molecule has 8 heteroatoms. The lowest BCUT2D eigenvalue weighted by atomic mass is 10.1. The molecule has 1 aliphatic rings. The summed E-state index contributed by atoms with van der Waals surface area (Å²) >= 11 is 0. The Hall–Kier alpha value is -3.42. The van der Waals surface area contributed by atoms with Gasteiger partial charge in [-0.3, -0.25) is 19.5 Å². The molecule has 0 radical (unpaired) electrons. The molecule has 4 rings (SSSR count). The van der Waals surface area contributed by atoms with Crippen LogP contribution < -0.4 is 15.9 Å². The van der Waals surface area contributed by atoms with Crippen molar-refractivity contribution in [3.05, 3.63) is 58.3 Å². The van der Waals surface area contributed by atoms with Gasteiger partial charge in [-0.25, -0.2) is 9.89 Å². The highest BCUT2D eigenvalue weighted by Gasteiger charge is 2.35. The number of nitrogens with zero attached hydrogens (tertiary/aromatic N) is 2. The molecule has 1 aromatic heterocycles. The monoisotopic (exact) mass is 337 g/mol. The van der Waals surface area contributed by atoms with Gasteiger partial charge in [0.15, 0.2) is 0 Å². The second-order valence-electron chi connectivity index (χ2n) is 5.87. The highest BCUT2D eigenvalue weighted by atomic mass is 16.2. The molecule has 0 saturated heterocycles. The van der Waals surface area contributed by atoms with Crippen molar-refractivity contribution in [2.75, 3.05) is 4.90 Å². The van der Waals surface area contributed by atoms with E-state index in [9.17, 15) is 14.4 Å². The van der Waals surface area contributed by atoms with Gasteiger partial charge in [0.25, 0.3) is 5.91 Å². The van der Waals surface area contributed by atoms with Gasteiger partial charge in [-0.2, -0.15) is 5.10 Å². The Kier molecular flexibility index (Phi) is 3.38. The van der Waals surface area contributed by atoms with Gasteiger partial charge in [0.2, 0.25) is 5.91 Å². The predicted molar refractivity (Wildman–Crippen MR) is 91.3 cm³/mol. The first-order chi connectivity index (χ1) is 12.1. The molecular formula is C17H15N5O3. The number of aromatic amines is 2. The van der Waals surface area contributed by atoms with Crippen molar-refractivity contribution in [1.29, 1.82) is 0 Å². The fourth-order valence-electron chi connectivity index (χ4n) is 3.15. The topological polar surface area (TPSA) is 111 Å². The minimum absolute atomic E-state index is 0.0705. The standard InChI is InChI=1S/C17H15N5O3/c1-9(15(23)18-8-13-19-17(25)21-20-13)22-12-7-3-5-10-4-2-6-11(14(10)12)16(22)24/h2-7,9H,8H2,1H3,(H,18,23)(H2,19,20,21,25). The fourth-order valence-corrected chi connectivity index (χ4v) is 3.15. The summed E-state index contributed by atoms with van der Waals surface area (Å²) in [4.78, 5) is 40.2. The summed E-state index contributed by atoms with van der Waals surface area (Å²) in [5.74, 6) is -0.201. The maximum Gasteiger partial charge on any atom is 0.340 e. The van der Waals surface area contributed by atoms with Crippen LogP contribution in [0.4, 0.5) is 5.69 Å². The summed E-state index contributed by atoms with van der Waals surface area (Å²) < 4.78 is 0. The Morgan fingerprint density at radius 1 is 1.24 bits per heavy atom. The number of nitrogens with one attached hydrogen (secondary N) is 3. The van der Waals surface area contributed by atoms with Crippen molar-refractivity contribution < 1.29 is 9.59 Å². The van der Waals surface area contributed by atoms with Crippen molar-refractivity contribution in [3.8, 4) is 0 Å². The number of rotatable bonds is 4. The van der Waals surface area contributed by atoms with E-state index in [1.165, 1.54) is 4.90 Å². The number of hydrogen-bond donors (Lipinski definition) is 3. The highest BCUT2D eigenvalue weighted by molar-refractivity contribution is 6.26. The molecule has 0 spiro atoms. The molecule has 3 aromatic rings. The SMILES string of the molecule is CC(C(=O)NCc1n[nH]c(=O)[nH]1)N1C(=O)c2cccc3cccc1c23. The van der Waals surface area contributed by atoms with Crippen molar-refractivity contribution in [3.63, 3.8) is 0 Å². The Bertz CT molecular complexity index is 1050. The van der Waals surface area contributed by atoms with Gasteiger partial charge < -0.3 is 5.32 Å². The largest absolute Gasteiger partial charge is 0.347 e. The average Bonchev–Trinajstić information content (AvgIpc) is 3.16. The minimum atomic E-state index is -0.698. The first kappa shape index (κ1) is 15.1. The molecule has 0 saturated carbocycles. The van der Waals surface area contributed by atoms with Crippen LogP contribution in [0.3, 0.4) is 0 Å². The molecule has 0 fully saturated rings. The zero-order valence-corrected chi connectivity index (χ0v) is 13.4. The number of carbonyl (C=O) groups is 2. The fraction of sp³-hybridized carbons (Fsp3) is 0.176. The molecular weight excluding hydrogens is 322 g/mol. The second kappa shape index (κ2) is 5.59. The zero-order valence-electron chi connectivity index (χ0n) is 13.4. The van der Waals surface area contributed by atoms with Crippen LogP contribution in [-0.4, -0.2) is 33.0 Å². The summed E-state index contributed by atoms with van der Waals surface area (Å²) in [5.41, 5.74) is 0.896. The number of H-pyrrole nitrogens is 2. The highest BCUT2D eigenvalue weighted by Crippen LogP contribution is 2.38. The van der Waals surface area contributed by atoms with Crippen LogP contribution in [0.5, 0.6) is 0 Å². The first-order valence-corrected chi connectivity index (χ1v) is 7.83. The lowest BCUT2D eigenvalue weighted by Gasteiger charge is -2.24. The van der Waals surface area contributed by atoms with E-state index in [0.717, 1.165) is 16.5 Å². The summed E-state index contributed by atoms with van der Waals surface area (Å²) in [6.07, 6.45) is 0. The molecule has 3 N–H and O–H groups in total. The third-order valence-corrected chi connectivity index (χ3v) is 4.34. The lowest BCUT2D eigenvalue weighted by molar-refractivity contribution is -0.122. The van der Waals surface area contributed by atoms with Gasteiger partial charge in [-0.1, -0.05) is 24.3 Å². The molecule has 1 atom stereocenters. The minimum Gasteiger partial charge on any atom is -0.347 e. The smallest absolute Gasteiger partial charge is 0.340 e. The number of amides is 2. The molecule has 0 aliphatic carbocycles. The first-order valence-electron chi connectivity index (χ1n) is 7.83. The van der Waals surface area contributed by atoms with E-state index in [1.807, 2.05) is 30.3 Å². The Morgan fingerprint density at radius 3 is 2.72 bits per heavy atom. The van der Waals surface area contributed by atoms with E-state index in [0.29, 0.717) is 11.4 Å². The number of aromatic nitrogens is 3. The normalized spacial score (nSPS) is 14.1. The van der Waals surface area contributed by atoms with E-state index in [1.54, 1.807) is 13.0 Å². The van der Waals surface area contributed by atoms with Crippen molar-refractivity contribution in [1.82, 2.24) is 20.5 Å². The van der Waals surface area contributed by atoms with E-state index in [4.69, 9.17) is 0 Å². The third kappa shape index (κ3) is 2.38. The Labute approximate surface area is 141 Å². The zero-order chi connectivity index (χ0) is 17.6. The van der Waals surface area contributed by atoms with Gasteiger partial charge in [-0.05, 0) is 24.4 Å². The van der Waals surface area contributed by atoms with Gasteiger partial charge in [-0.15, -0.1) is 0 Å². The third-order valence-electron chi connectivity index (χ3n) is 4.34. The molecule has 126 valence electrons. The van der Waals surface area contributed by atoms with Gasteiger partial charge >= 0.3 is 5.69 Å². The molecule has 0 bridgehead atoms. The van der Waals surface area contributed by atoms with E-state index in [2.05, 4.69) is 20.5 Å².